The first-order valence-corrected chi connectivity index (χ1v) is 9.51. The van der Waals surface area contributed by atoms with Crippen molar-refractivity contribution in [3.05, 3.63) is 24.3 Å². The molecule has 0 amide bonds. The zero-order chi connectivity index (χ0) is 18.2. The van der Waals surface area contributed by atoms with Gasteiger partial charge in [-0.15, -0.1) is 24.0 Å². The summed E-state index contributed by atoms with van der Waals surface area (Å²) in [5, 5.41) is 3.18. The summed E-state index contributed by atoms with van der Waals surface area (Å²) in [6, 6.07) is 8.31. The van der Waals surface area contributed by atoms with E-state index >= 15 is 0 Å². The van der Waals surface area contributed by atoms with Crippen molar-refractivity contribution in [2.24, 2.45) is 16.6 Å². The second-order valence-corrected chi connectivity index (χ2v) is 7.57. The minimum Gasteiger partial charge on any atom is -0.491 e. The predicted octanol–water partition coefficient (Wildman–Crippen LogP) is 4.33. The summed E-state index contributed by atoms with van der Waals surface area (Å²) >= 11 is 0. The Morgan fingerprint density at radius 3 is 2.31 bits per heavy atom. The average molecular weight is 474 g/mol. The lowest BCUT2D eigenvalue weighted by Crippen LogP contribution is -2.37. The molecule has 0 aliphatic carbocycles. The van der Waals surface area contributed by atoms with Crippen LogP contribution in [0.1, 0.15) is 47.0 Å². The molecule has 1 saturated heterocycles. The fourth-order valence-electron chi connectivity index (χ4n) is 3.27. The molecule has 1 fully saturated rings. The van der Waals surface area contributed by atoms with Crippen molar-refractivity contribution in [2.45, 2.75) is 59.1 Å². The topological polar surface area (TPSA) is 62.9 Å². The number of halogens is 1. The Balaban J connectivity index is 0.00000338. The van der Waals surface area contributed by atoms with Crippen molar-refractivity contribution in [1.29, 1.82) is 0 Å². The first-order valence-electron chi connectivity index (χ1n) is 9.51. The monoisotopic (exact) mass is 474 g/mol. The van der Waals surface area contributed by atoms with Gasteiger partial charge in [0, 0.05) is 11.7 Å². The lowest BCUT2D eigenvalue weighted by atomic mass is 10.0. The highest BCUT2D eigenvalue weighted by molar-refractivity contribution is 14.0. The van der Waals surface area contributed by atoms with Crippen molar-refractivity contribution in [3.8, 4) is 5.75 Å². The quantitative estimate of drug-likeness (QED) is 0.335. The van der Waals surface area contributed by atoms with Crippen LogP contribution in [0.15, 0.2) is 29.3 Å². The van der Waals surface area contributed by atoms with Gasteiger partial charge in [0.15, 0.2) is 5.96 Å². The van der Waals surface area contributed by atoms with Crippen LogP contribution < -0.4 is 15.8 Å². The highest BCUT2D eigenvalue weighted by atomic mass is 127. The Morgan fingerprint density at radius 2 is 1.77 bits per heavy atom. The Labute approximate surface area is 175 Å². The lowest BCUT2D eigenvalue weighted by Gasteiger charge is -2.27. The maximum atomic E-state index is 6.09. The van der Waals surface area contributed by atoms with Gasteiger partial charge in [0.05, 0.1) is 12.6 Å². The van der Waals surface area contributed by atoms with E-state index in [9.17, 15) is 0 Å². The second kappa shape index (κ2) is 11.6. The number of benzene rings is 1. The van der Waals surface area contributed by atoms with Crippen molar-refractivity contribution >= 4 is 35.6 Å². The number of anilines is 1. The largest absolute Gasteiger partial charge is 0.491 e. The molecule has 1 heterocycles. The van der Waals surface area contributed by atoms with E-state index in [-0.39, 0.29) is 30.1 Å². The first-order chi connectivity index (χ1) is 11.9. The van der Waals surface area contributed by atoms with E-state index in [2.05, 4.69) is 29.1 Å². The molecule has 148 valence electrons. The minimum absolute atomic E-state index is 0. The SMILES string of the molecule is CC(C)CC(CN=C(N)Nc1ccc(OC(C)C)cc1)N1CCCC1.I. The summed E-state index contributed by atoms with van der Waals surface area (Å²) in [5.41, 5.74) is 7.02. The number of rotatable bonds is 8. The Kier molecular flexibility index (Phi) is 10.3. The van der Waals surface area contributed by atoms with Crippen LogP contribution >= 0.6 is 24.0 Å². The zero-order valence-electron chi connectivity index (χ0n) is 16.6. The van der Waals surface area contributed by atoms with E-state index in [4.69, 9.17) is 10.5 Å². The summed E-state index contributed by atoms with van der Waals surface area (Å²) in [6.07, 6.45) is 3.94. The summed E-state index contributed by atoms with van der Waals surface area (Å²) in [5.74, 6) is 2.01. The molecule has 1 aromatic carbocycles. The van der Waals surface area contributed by atoms with E-state index in [0.717, 1.165) is 24.4 Å². The molecule has 0 saturated carbocycles. The van der Waals surface area contributed by atoms with Gasteiger partial charge in [-0.2, -0.15) is 0 Å². The maximum absolute atomic E-state index is 6.09. The fraction of sp³-hybridized carbons (Fsp3) is 0.650. The zero-order valence-corrected chi connectivity index (χ0v) is 18.9. The molecular weight excluding hydrogens is 439 g/mol. The van der Waals surface area contributed by atoms with Gasteiger partial charge in [0.25, 0.3) is 0 Å². The van der Waals surface area contributed by atoms with Gasteiger partial charge >= 0.3 is 0 Å². The van der Waals surface area contributed by atoms with E-state index in [1.54, 1.807) is 0 Å². The van der Waals surface area contributed by atoms with Crippen molar-refractivity contribution < 1.29 is 4.74 Å². The molecule has 1 atom stereocenters. The molecule has 0 bridgehead atoms. The van der Waals surface area contributed by atoms with Gasteiger partial charge in [0.1, 0.15) is 5.75 Å². The summed E-state index contributed by atoms with van der Waals surface area (Å²) in [7, 11) is 0. The summed E-state index contributed by atoms with van der Waals surface area (Å²) in [4.78, 5) is 7.16. The Hall–Kier alpha value is -1.02. The van der Waals surface area contributed by atoms with Crippen LogP contribution in [-0.4, -0.2) is 42.6 Å². The van der Waals surface area contributed by atoms with Gasteiger partial charge in [-0.3, -0.25) is 9.89 Å². The average Bonchev–Trinajstić information content (AvgIpc) is 3.07. The molecule has 6 heteroatoms. The summed E-state index contributed by atoms with van der Waals surface area (Å²) < 4.78 is 5.65. The molecule has 1 unspecified atom stereocenters. The van der Waals surface area contributed by atoms with Crippen LogP contribution in [0.2, 0.25) is 0 Å². The lowest BCUT2D eigenvalue weighted by molar-refractivity contribution is 0.218. The number of nitrogens with one attached hydrogen (secondary N) is 1. The van der Waals surface area contributed by atoms with Crippen LogP contribution in [0, 0.1) is 5.92 Å². The maximum Gasteiger partial charge on any atom is 0.193 e. The van der Waals surface area contributed by atoms with Gasteiger partial charge in [0.2, 0.25) is 0 Å². The van der Waals surface area contributed by atoms with E-state index in [0.29, 0.717) is 17.9 Å². The van der Waals surface area contributed by atoms with Crippen LogP contribution in [0.4, 0.5) is 5.69 Å². The molecule has 1 aliphatic rings. The Morgan fingerprint density at radius 1 is 1.15 bits per heavy atom. The standard InChI is InChI=1S/C20H34N4O.HI/c1-15(2)13-18(24-11-5-6-12-24)14-22-20(21)23-17-7-9-19(10-8-17)25-16(3)4;/h7-10,15-16,18H,5-6,11-14H2,1-4H3,(H3,21,22,23);1H. The number of guanidine groups is 1. The molecular formula is C20H35IN4O. The van der Waals surface area contributed by atoms with Gasteiger partial charge < -0.3 is 15.8 Å². The number of hydrogen-bond donors (Lipinski definition) is 2. The number of likely N-dealkylation sites (tertiary alicyclic amines) is 1. The van der Waals surface area contributed by atoms with Crippen LogP contribution in [0.25, 0.3) is 0 Å². The van der Waals surface area contributed by atoms with E-state index in [1.165, 1.54) is 25.9 Å². The van der Waals surface area contributed by atoms with Gasteiger partial charge in [-0.1, -0.05) is 13.8 Å². The third-order valence-electron chi connectivity index (χ3n) is 4.37. The van der Waals surface area contributed by atoms with Crippen LogP contribution in [0.5, 0.6) is 5.75 Å². The summed E-state index contributed by atoms with van der Waals surface area (Å²) in [6.45, 7) is 11.7. The second-order valence-electron chi connectivity index (χ2n) is 7.57. The van der Waals surface area contributed by atoms with Crippen LogP contribution in [-0.2, 0) is 0 Å². The fourth-order valence-corrected chi connectivity index (χ4v) is 3.27. The van der Waals surface area contributed by atoms with Crippen molar-refractivity contribution in [2.75, 3.05) is 25.0 Å². The highest BCUT2D eigenvalue weighted by Gasteiger charge is 2.22. The molecule has 0 radical (unpaired) electrons. The third-order valence-corrected chi connectivity index (χ3v) is 4.37. The Bertz CT molecular complexity index is 539. The van der Waals surface area contributed by atoms with Crippen molar-refractivity contribution in [1.82, 2.24) is 4.90 Å². The van der Waals surface area contributed by atoms with E-state index < -0.39 is 0 Å². The number of nitrogens with two attached hydrogens (primary N) is 1. The van der Waals surface area contributed by atoms with Gasteiger partial charge in [-0.05, 0) is 76.4 Å². The molecule has 2 rings (SSSR count). The number of aliphatic imine (C=N–C) groups is 1. The normalized spacial score (nSPS) is 16.6. The minimum atomic E-state index is 0. The molecule has 0 spiro atoms. The molecule has 1 aromatic rings. The number of ether oxygens (including phenoxy) is 1. The first kappa shape index (κ1) is 23.0. The highest BCUT2D eigenvalue weighted by Crippen LogP contribution is 2.19. The third kappa shape index (κ3) is 8.12. The van der Waals surface area contributed by atoms with Crippen molar-refractivity contribution in [3.63, 3.8) is 0 Å². The van der Waals surface area contributed by atoms with E-state index in [1.807, 2.05) is 38.1 Å². The number of hydrogen-bond acceptors (Lipinski definition) is 3. The molecule has 5 nitrogen and oxygen atoms in total. The van der Waals surface area contributed by atoms with Gasteiger partial charge in [-0.25, -0.2) is 0 Å². The molecule has 26 heavy (non-hydrogen) atoms. The number of nitrogens with zero attached hydrogens (tertiary/aromatic N) is 2. The predicted molar refractivity (Wildman–Crippen MR) is 122 cm³/mol. The smallest absolute Gasteiger partial charge is 0.193 e. The molecule has 1 aliphatic heterocycles. The molecule has 3 N–H and O–H groups in total. The molecule has 0 aromatic heterocycles. The van der Waals surface area contributed by atoms with Crippen LogP contribution in [0.3, 0.4) is 0 Å².